The fourth-order valence-corrected chi connectivity index (χ4v) is 4.62. The van der Waals surface area contributed by atoms with Crippen LogP contribution in [0, 0.1) is 6.92 Å². The molecule has 0 spiro atoms. The van der Waals surface area contributed by atoms with E-state index in [1.54, 1.807) is 19.1 Å². The molecule has 0 aliphatic carbocycles. The van der Waals surface area contributed by atoms with Crippen LogP contribution in [0.5, 0.6) is 0 Å². The Morgan fingerprint density at radius 3 is 2.21 bits per heavy atom. The van der Waals surface area contributed by atoms with E-state index in [0.717, 1.165) is 4.31 Å². The van der Waals surface area contributed by atoms with Crippen LogP contribution in [0.1, 0.15) is 29.5 Å². The van der Waals surface area contributed by atoms with Crippen molar-refractivity contribution in [2.45, 2.75) is 24.3 Å². The summed E-state index contributed by atoms with van der Waals surface area (Å²) >= 11 is 0. The fourth-order valence-electron chi connectivity index (χ4n) is 3.72. The minimum Gasteiger partial charge on any atom is -0.507 e. The number of hydrogen-bond donors (Lipinski definition) is 1. The quantitative estimate of drug-likeness (QED) is 0.354. The molecule has 0 unspecified atom stereocenters. The number of nitrogens with zero attached hydrogens (tertiary/aromatic N) is 3. The maximum absolute atomic E-state index is 13.0. The van der Waals surface area contributed by atoms with Crippen LogP contribution in [0.4, 0.5) is 0 Å². The van der Waals surface area contributed by atoms with Gasteiger partial charge in [0.2, 0.25) is 10.0 Å². The first kappa shape index (κ1) is 24.7. The number of aliphatic hydroxyl groups is 1. The third-order valence-corrected chi connectivity index (χ3v) is 7.31. The van der Waals surface area contributed by atoms with Crippen LogP contribution in [0.15, 0.2) is 51.3 Å². The van der Waals surface area contributed by atoms with E-state index >= 15 is 0 Å². The zero-order valence-electron chi connectivity index (χ0n) is 19.4. The number of sulfonamides is 1. The summed E-state index contributed by atoms with van der Waals surface area (Å²) in [6.07, 6.45) is 0.632. The average molecular weight is 476 g/mol. The molecule has 0 radical (unpaired) electrons. The van der Waals surface area contributed by atoms with E-state index in [-0.39, 0.29) is 21.8 Å². The minimum absolute atomic E-state index is 0.0476. The van der Waals surface area contributed by atoms with Crippen LogP contribution < -0.4 is 0 Å². The topological polar surface area (TPSA) is 111 Å². The Morgan fingerprint density at radius 1 is 1.06 bits per heavy atom. The van der Waals surface area contributed by atoms with Gasteiger partial charge in [-0.2, -0.15) is 0 Å². The van der Waals surface area contributed by atoms with Crippen molar-refractivity contribution < 1.29 is 27.5 Å². The van der Waals surface area contributed by atoms with Crippen molar-refractivity contribution in [3.8, 4) is 0 Å². The smallest absolute Gasteiger partial charge is 0.295 e. The van der Waals surface area contributed by atoms with Gasteiger partial charge in [0.25, 0.3) is 11.7 Å². The monoisotopic (exact) mass is 475 g/mol. The van der Waals surface area contributed by atoms with Crippen LogP contribution in [0.2, 0.25) is 0 Å². The lowest BCUT2D eigenvalue weighted by atomic mass is 9.99. The van der Waals surface area contributed by atoms with Gasteiger partial charge in [-0.25, -0.2) is 12.7 Å². The Morgan fingerprint density at radius 2 is 1.70 bits per heavy atom. The van der Waals surface area contributed by atoms with Crippen LogP contribution in [-0.2, 0) is 19.6 Å². The molecule has 1 aliphatic rings. The molecule has 1 aliphatic heterocycles. The van der Waals surface area contributed by atoms with E-state index in [2.05, 4.69) is 0 Å². The lowest BCUT2D eigenvalue weighted by molar-refractivity contribution is -0.140. The van der Waals surface area contributed by atoms with Crippen molar-refractivity contribution in [2.24, 2.45) is 0 Å². The number of aryl methyl sites for hydroxylation is 1. The molecule has 1 aromatic heterocycles. The summed E-state index contributed by atoms with van der Waals surface area (Å²) in [6.45, 7) is 2.78. The summed E-state index contributed by atoms with van der Waals surface area (Å²) in [5, 5.41) is 11.1. The molecular weight excluding hydrogens is 446 g/mol. The number of aliphatic hydroxyl groups excluding tert-OH is 1. The van der Waals surface area contributed by atoms with Crippen LogP contribution >= 0.6 is 0 Å². The van der Waals surface area contributed by atoms with Gasteiger partial charge in [0.1, 0.15) is 23.3 Å². The Balaban J connectivity index is 2.05. The fraction of sp³-hybridized carbons (Fsp3) is 0.391. The SMILES string of the molecule is Cc1ccc([C@H]2/C(=C(\O)c3ccc(S(=O)(=O)N(C)C)cc3)C(=O)C(=O)N2CCCN(C)C)o1. The van der Waals surface area contributed by atoms with Crippen molar-refractivity contribution in [3.63, 3.8) is 0 Å². The molecule has 0 saturated carbocycles. The van der Waals surface area contributed by atoms with Crippen LogP contribution in [0.25, 0.3) is 5.76 Å². The first-order valence-corrected chi connectivity index (χ1v) is 11.9. The Labute approximate surface area is 193 Å². The Kier molecular flexibility index (Phi) is 7.11. The molecule has 1 atom stereocenters. The summed E-state index contributed by atoms with van der Waals surface area (Å²) in [7, 11) is 3.03. The second-order valence-corrected chi connectivity index (χ2v) is 10.6. The predicted octanol–water partition coefficient (Wildman–Crippen LogP) is 2.21. The summed E-state index contributed by atoms with van der Waals surface area (Å²) in [5.74, 6) is -0.897. The van der Waals surface area contributed by atoms with Gasteiger partial charge in [0.15, 0.2) is 0 Å². The number of Topliss-reactive ketones (excluding diaryl/α,β-unsaturated/α-hetero) is 1. The number of benzene rings is 1. The number of hydrogen-bond acceptors (Lipinski definition) is 7. The van der Waals surface area contributed by atoms with E-state index in [4.69, 9.17) is 4.42 Å². The van der Waals surface area contributed by atoms with E-state index in [1.165, 1.54) is 43.3 Å². The molecule has 1 amide bonds. The summed E-state index contributed by atoms with van der Waals surface area (Å²) in [6, 6.07) is 8.07. The first-order valence-electron chi connectivity index (χ1n) is 10.5. The molecule has 1 N–H and O–H groups in total. The standard InChI is InChI=1S/C23H29N3O6S/c1-15-7-12-18(32-15)20-19(22(28)23(29)26(20)14-6-13-24(2)3)21(27)16-8-10-17(11-9-16)33(30,31)25(4)5/h7-12,20,27H,6,13-14H2,1-5H3/b21-19+/t20-/m0/s1. The zero-order chi connectivity index (χ0) is 24.5. The number of carbonyl (C=O) groups excluding carboxylic acids is 2. The molecule has 0 bridgehead atoms. The van der Waals surface area contributed by atoms with Gasteiger partial charge in [-0.05, 0) is 70.4 Å². The number of likely N-dealkylation sites (tertiary alicyclic amines) is 1. The highest BCUT2D eigenvalue weighted by Crippen LogP contribution is 2.40. The average Bonchev–Trinajstić information content (AvgIpc) is 3.29. The predicted molar refractivity (Wildman–Crippen MR) is 123 cm³/mol. The number of furan rings is 1. The van der Waals surface area contributed by atoms with Gasteiger partial charge < -0.3 is 19.3 Å². The van der Waals surface area contributed by atoms with E-state index in [0.29, 0.717) is 31.0 Å². The van der Waals surface area contributed by atoms with Crippen LogP contribution in [0.3, 0.4) is 0 Å². The van der Waals surface area contributed by atoms with Gasteiger partial charge in [0, 0.05) is 26.2 Å². The molecule has 1 saturated heterocycles. The van der Waals surface area contributed by atoms with Gasteiger partial charge in [0.05, 0.1) is 10.5 Å². The van der Waals surface area contributed by atoms with Crippen molar-refractivity contribution >= 4 is 27.5 Å². The van der Waals surface area contributed by atoms with Gasteiger partial charge in [-0.3, -0.25) is 9.59 Å². The molecular formula is C23H29N3O6S. The molecule has 3 rings (SSSR count). The van der Waals surface area contributed by atoms with Crippen molar-refractivity contribution in [1.29, 1.82) is 0 Å². The number of rotatable bonds is 8. The van der Waals surface area contributed by atoms with Gasteiger partial charge in [-0.15, -0.1) is 0 Å². The highest BCUT2D eigenvalue weighted by atomic mass is 32.2. The summed E-state index contributed by atoms with van der Waals surface area (Å²) in [4.78, 5) is 29.3. The molecule has 1 aromatic carbocycles. The number of carbonyl (C=O) groups is 2. The van der Waals surface area contributed by atoms with Gasteiger partial charge in [-0.1, -0.05) is 0 Å². The molecule has 1 fully saturated rings. The highest BCUT2D eigenvalue weighted by Gasteiger charge is 2.47. The minimum atomic E-state index is -3.65. The third kappa shape index (κ3) is 4.87. The van der Waals surface area contributed by atoms with E-state index < -0.39 is 27.8 Å². The van der Waals surface area contributed by atoms with Crippen molar-refractivity contribution in [3.05, 3.63) is 59.1 Å². The normalized spacial score (nSPS) is 18.6. The van der Waals surface area contributed by atoms with Crippen molar-refractivity contribution in [1.82, 2.24) is 14.1 Å². The third-order valence-electron chi connectivity index (χ3n) is 5.48. The number of ketones is 1. The summed E-state index contributed by atoms with van der Waals surface area (Å²) in [5.41, 5.74) is 0.148. The summed E-state index contributed by atoms with van der Waals surface area (Å²) < 4.78 is 31.5. The Bertz CT molecular complexity index is 1180. The maximum atomic E-state index is 13.0. The Hall–Kier alpha value is -2.95. The number of amides is 1. The van der Waals surface area contributed by atoms with E-state index in [9.17, 15) is 23.1 Å². The first-order chi connectivity index (χ1) is 15.4. The van der Waals surface area contributed by atoms with E-state index in [1.807, 2.05) is 19.0 Å². The maximum Gasteiger partial charge on any atom is 0.295 e. The molecule has 33 heavy (non-hydrogen) atoms. The molecule has 10 heteroatoms. The highest BCUT2D eigenvalue weighted by molar-refractivity contribution is 7.89. The second-order valence-electron chi connectivity index (χ2n) is 8.41. The van der Waals surface area contributed by atoms with Crippen LogP contribution in [-0.4, -0.2) is 80.6 Å². The molecule has 9 nitrogen and oxygen atoms in total. The molecule has 2 heterocycles. The van der Waals surface area contributed by atoms with Gasteiger partial charge >= 0.3 is 0 Å². The molecule has 2 aromatic rings. The lowest BCUT2D eigenvalue weighted by Gasteiger charge is -2.24. The lowest BCUT2D eigenvalue weighted by Crippen LogP contribution is -2.32. The molecule has 178 valence electrons. The second kappa shape index (κ2) is 9.50. The van der Waals surface area contributed by atoms with Crippen molar-refractivity contribution in [2.75, 3.05) is 41.3 Å². The zero-order valence-corrected chi connectivity index (χ0v) is 20.2. The largest absolute Gasteiger partial charge is 0.507 e.